The van der Waals surface area contributed by atoms with Crippen LogP contribution < -0.4 is 9.64 Å². The molecule has 0 atom stereocenters. The van der Waals surface area contributed by atoms with Crippen molar-refractivity contribution in [3.8, 4) is 5.75 Å². The number of ketones is 1. The second kappa shape index (κ2) is 9.11. The highest BCUT2D eigenvalue weighted by atomic mass is 32.2. The van der Waals surface area contributed by atoms with Gasteiger partial charge in [0.05, 0.1) is 28.8 Å². The lowest BCUT2D eigenvalue weighted by atomic mass is 9.78. The van der Waals surface area contributed by atoms with Crippen LogP contribution in [0.5, 0.6) is 5.75 Å². The van der Waals surface area contributed by atoms with Gasteiger partial charge in [-0.25, -0.2) is 26.6 Å². The van der Waals surface area contributed by atoms with E-state index in [1.54, 1.807) is 32.0 Å². The van der Waals surface area contributed by atoms with E-state index in [4.69, 9.17) is 4.74 Å². The van der Waals surface area contributed by atoms with E-state index in [1.807, 2.05) is 6.92 Å². The van der Waals surface area contributed by atoms with E-state index in [9.17, 15) is 31.2 Å². The van der Waals surface area contributed by atoms with Gasteiger partial charge < -0.3 is 4.74 Å². The zero-order valence-electron chi connectivity index (χ0n) is 21.1. The molecule has 2 aromatic rings. The third-order valence-electron chi connectivity index (χ3n) is 7.11. The van der Waals surface area contributed by atoms with Gasteiger partial charge in [0.2, 0.25) is 5.91 Å². The molecule has 1 aromatic heterocycles. The standard InChI is InChI=1S/C26H29F3N2O5S/c1-24(2)17-11-16(20(32)13-25(3)7-9-37(34,35)10-8-25)5-6-19(17)31(23(24)33)22-12-21(18(27)14-30-22)36-15-26(4,28)29/h5-6,11-12,14H,7-10,13,15H2,1-4H3. The van der Waals surface area contributed by atoms with Gasteiger partial charge >= 0.3 is 0 Å². The Bertz CT molecular complexity index is 1350. The van der Waals surface area contributed by atoms with Crippen LogP contribution in [0.3, 0.4) is 0 Å². The number of carbonyl (C=O) groups excluding carboxylic acids is 2. The molecule has 0 saturated carbocycles. The Morgan fingerprint density at radius 3 is 2.43 bits per heavy atom. The Morgan fingerprint density at radius 1 is 1.16 bits per heavy atom. The zero-order valence-corrected chi connectivity index (χ0v) is 21.9. The first-order chi connectivity index (χ1) is 17.0. The zero-order chi connectivity index (χ0) is 27.4. The van der Waals surface area contributed by atoms with E-state index in [0.717, 1.165) is 12.3 Å². The summed E-state index contributed by atoms with van der Waals surface area (Å²) in [6, 6.07) is 5.94. The van der Waals surface area contributed by atoms with Crippen molar-refractivity contribution in [2.45, 2.75) is 58.3 Å². The van der Waals surface area contributed by atoms with Crippen LogP contribution in [0.25, 0.3) is 0 Å². The number of benzene rings is 1. The van der Waals surface area contributed by atoms with Gasteiger partial charge in [0.1, 0.15) is 15.7 Å². The van der Waals surface area contributed by atoms with Crippen molar-refractivity contribution >= 4 is 33.0 Å². The number of anilines is 2. The topological polar surface area (TPSA) is 93.6 Å². The first-order valence-electron chi connectivity index (χ1n) is 11.9. The molecule has 0 aliphatic carbocycles. The molecule has 1 aromatic carbocycles. The summed E-state index contributed by atoms with van der Waals surface area (Å²) >= 11 is 0. The van der Waals surface area contributed by atoms with Crippen molar-refractivity contribution in [3.63, 3.8) is 0 Å². The Balaban J connectivity index is 1.63. The van der Waals surface area contributed by atoms with Gasteiger partial charge in [0, 0.05) is 25.0 Å². The van der Waals surface area contributed by atoms with Gasteiger partial charge in [0.25, 0.3) is 5.92 Å². The van der Waals surface area contributed by atoms with Crippen molar-refractivity contribution in [1.29, 1.82) is 0 Å². The highest BCUT2D eigenvalue weighted by Crippen LogP contribution is 2.46. The van der Waals surface area contributed by atoms with Gasteiger partial charge in [-0.15, -0.1) is 0 Å². The molecule has 0 radical (unpaired) electrons. The fraction of sp³-hybridized carbons (Fsp3) is 0.500. The number of sulfone groups is 1. The number of hydrogen-bond acceptors (Lipinski definition) is 6. The van der Waals surface area contributed by atoms with Crippen LogP contribution in [0.4, 0.5) is 24.7 Å². The number of fused-ring (bicyclic) bond motifs is 1. The summed E-state index contributed by atoms with van der Waals surface area (Å²) in [7, 11) is -3.06. The van der Waals surface area contributed by atoms with Crippen molar-refractivity contribution in [1.82, 2.24) is 4.98 Å². The van der Waals surface area contributed by atoms with Gasteiger partial charge in [-0.2, -0.15) is 0 Å². The number of ether oxygens (including phenoxy) is 1. The molecule has 3 heterocycles. The highest BCUT2D eigenvalue weighted by Gasteiger charge is 2.46. The normalized spacial score (nSPS) is 20.0. The molecule has 37 heavy (non-hydrogen) atoms. The minimum atomic E-state index is -3.18. The van der Waals surface area contributed by atoms with Crippen molar-refractivity contribution in [3.05, 3.63) is 47.4 Å². The summed E-state index contributed by atoms with van der Waals surface area (Å²) in [6.07, 6.45) is 1.81. The van der Waals surface area contributed by atoms with E-state index >= 15 is 0 Å². The van der Waals surface area contributed by atoms with Gasteiger partial charge in [-0.05, 0) is 55.9 Å². The molecular formula is C26H29F3N2O5S. The maximum atomic E-state index is 14.2. The molecular weight excluding hydrogens is 509 g/mol. The molecule has 2 aliphatic rings. The first kappa shape index (κ1) is 27.1. The Morgan fingerprint density at radius 2 is 1.81 bits per heavy atom. The number of alkyl halides is 2. The number of amides is 1. The summed E-state index contributed by atoms with van der Waals surface area (Å²) < 4.78 is 69.2. The number of hydrogen-bond donors (Lipinski definition) is 0. The lowest BCUT2D eigenvalue weighted by Crippen LogP contribution is -2.33. The monoisotopic (exact) mass is 538 g/mol. The summed E-state index contributed by atoms with van der Waals surface area (Å²) in [6.45, 7) is 4.89. The van der Waals surface area contributed by atoms with E-state index in [1.165, 1.54) is 4.90 Å². The smallest absolute Gasteiger partial charge is 0.278 e. The van der Waals surface area contributed by atoms with E-state index < -0.39 is 44.8 Å². The largest absolute Gasteiger partial charge is 0.484 e. The number of carbonyl (C=O) groups is 2. The van der Waals surface area contributed by atoms with Crippen LogP contribution >= 0.6 is 0 Å². The predicted octanol–water partition coefficient (Wildman–Crippen LogP) is 5.00. The lowest BCUT2D eigenvalue weighted by Gasteiger charge is -2.32. The maximum Gasteiger partial charge on any atom is 0.278 e. The number of pyridine rings is 1. The van der Waals surface area contributed by atoms with E-state index in [2.05, 4.69) is 4.98 Å². The van der Waals surface area contributed by atoms with Gasteiger partial charge in [0.15, 0.2) is 24.0 Å². The number of aromatic nitrogens is 1. The molecule has 1 saturated heterocycles. The predicted molar refractivity (Wildman–Crippen MR) is 132 cm³/mol. The average Bonchev–Trinajstić information content (AvgIpc) is 3.00. The summed E-state index contributed by atoms with van der Waals surface area (Å²) in [4.78, 5) is 31.8. The van der Waals surface area contributed by atoms with Crippen LogP contribution in [0.1, 0.15) is 62.9 Å². The molecule has 1 amide bonds. The Hall–Kier alpha value is -2.95. The lowest BCUT2D eigenvalue weighted by molar-refractivity contribution is -0.121. The molecule has 7 nitrogen and oxygen atoms in total. The second-order valence-electron chi connectivity index (χ2n) is 10.9. The number of Topliss-reactive ketones (excluding diaryl/α,β-unsaturated/α-hetero) is 1. The van der Waals surface area contributed by atoms with Crippen molar-refractivity contribution in [2.24, 2.45) is 5.41 Å². The summed E-state index contributed by atoms with van der Waals surface area (Å²) in [5, 5.41) is 0. The second-order valence-corrected chi connectivity index (χ2v) is 13.2. The molecule has 2 aliphatic heterocycles. The minimum Gasteiger partial charge on any atom is -0.484 e. The third-order valence-corrected chi connectivity index (χ3v) is 8.76. The molecule has 0 spiro atoms. The van der Waals surface area contributed by atoms with Gasteiger partial charge in [-0.1, -0.05) is 6.92 Å². The van der Waals surface area contributed by atoms with Crippen molar-refractivity contribution in [2.75, 3.05) is 23.0 Å². The number of nitrogens with zero attached hydrogens (tertiary/aromatic N) is 2. The van der Waals surface area contributed by atoms with Crippen LogP contribution in [0, 0.1) is 11.2 Å². The summed E-state index contributed by atoms with van der Waals surface area (Å²) in [5.74, 6) is -5.00. The Labute approximate surface area is 213 Å². The molecule has 0 unspecified atom stereocenters. The Kier molecular flexibility index (Phi) is 6.67. The van der Waals surface area contributed by atoms with Gasteiger partial charge in [-0.3, -0.25) is 14.5 Å². The van der Waals surface area contributed by atoms with Crippen LogP contribution in [-0.2, 0) is 20.0 Å². The SMILES string of the molecule is CC(F)(F)COc1cc(N2C(=O)C(C)(C)c3cc(C(=O)CC4(C)CCS(=O)(=O)CC4)ccc32)ncc1F. The van der Waals surface area contributed by atoms with Crippen LogP contribution in [0.2, 0.25) is 0 Å². The quantitative estimate of drug-likeness (QED) is 0.461. The maximum absolute atomic E-state index is 14.2. The first-order valence-corrected chi connectivity index (χ1v) is 13.7. The molecule has 0 N–H and O–H groups in total. The fourth-order valence-electron chi connectivity index (χ4n) is 4.68. The third kappa shape index (κ3) is 5.51. The molecule has 4 rings (SSSR count). The molecule has 1 fully saturated rings. The van der Waals surface area contributed by atoms with Crippen molar-refractivity contribution < 1.29 is 35.9 Å². The van der Waals surface area contributed by atoms with Crippen LogP contribution in [-0.4, -0.2) is 49.1 Å². The van der Waals surface area contributed by atoms with E-state index in [0.29, 0.717) is 36.6 Å². The number of rotatable bonds is 7. The molecule has 0 bridgehead atoms. The highest BCUT2D eigenvalue weighted by molar-refractivity contribution is 7.91. The molecule has 11 heteroatoms. The molecule has 200 valence electrons. The average molecular weight is 539 g/mol. The van der Waals surface area contributed by atoms with E-state index in [-0.39, 0.29) is 35.4 Å². The van der Waals surface area contributed by atoms with Crippen LogP contribution in [0.15, 0.2) is 30.5 Å². The summed E-state index contributed by atoms with van der Waals surface area (Å²) in [5.41, 5.74) is -0.0805. The minimum absolute atomic E-state index is 0.00245. The fourth-order valence-corrected chi connectivity index (χ4v) is 6.49. The number of halogens is 3.